The molecule has 0 spiro atoms. The number of nitrogens with zero attached hydrogens (tertiary/aromatic N) is 2. The van der Waals surface area contributed by atoms with Crippen LogP contribution < -0.4 is 0 Å². The van der Waals surface area contributed by atoms with E-state index >= 15 is 0 Å². The molecule has 0 saturated heterocycles. The zero-order valence-corrected chi connectivity index (χ0v) is 12.8. The number of ether oxygens (including phenoxy) is 2. The minimum atomic E-state index is -1.05. The van der Waals surface area contributed by atoms with Crippen molar-refractivity contribution in [2.75, 3.05) is 13.2 Å². The molecule has 6 nitrogen and oxygen atoms in total. The number of halogens is 1. The fourth-order valence-electron chi connectivity index (χ4n) is 1.54. The molecular formula is C12H19BrN2O4. The van der Waals surface area contributed by atoms with Gasteiger partial charge in [-0.3, -0.25) is 0 Å². The first-order valence-corrected chi connectivity index (χ1v) is 7.30. The number of hydrogen-bond acceptors (Lipinski definition) is 5. The first-order valence-electron chi connectivity index (χ1n) is 6.39. The van der Waals surface area contributed by atoms with E-state index in [1.165, 1.54) is 6.08 Å². The van der Waals surface area contributed by atoms with Gasteiger partial charge >= 0.3 is 5.84 Å². The highest BCUT2D eigenvalue weighted by atomic mass is 79.9. The van der Waals surface area contributed by atoms with Crippen LogP contribution in [0.5, 0.6) is 0 Å². The number of aliphatic imine (C=N–C) groups is 1. The Morgan fingerprint density at radius 3 is 2.63 bits per heavy atom. The summed E-state index contributed by atoms with van der Waals surface area (Å²) in [5.74, 6) is -1.25. The molecule has 0 amide bonds. The first kappa shape index (κ1) is 16.3. The number of dihydropyridines is 1. The van der Waals surface area contributed by atoms with E-state index in [1.807, 2.05) is 6.92 Å². The number of alkyl halides is 1. The van der Waals surface area contributed by atoms with Crippen LogP contribution in [-0.4, -0.2) is 34.7 Å². The van der Waals surface area contributed by atoms with Crippen LogP contribution >= 0.6 is 15.9 Å². The third kappa shape index (κ3) is 4.36. The van der Waals surface area contributed by atoms with Gasteiger partial charge < -0.3 is 19.6 Å². The highest BCUT2D eigenvalue weighted by Gasteiger charge is 2.45. The fourth-order valence-corrected chi connectivity index (χ4v) is 2.17. The lowest BCUT2D eigenvalue weighted by atomic mass is 10.2. The van der Waals surface area contributed by atoms with E-state index in [-0.39, 0.29) is 5.84 Å². The van der Waals surface area contributed by atoms with Crippen molar-refractivity contribution >= 4 is 21.8 Å². The second-order valence-corrected chi connectivity index (χ2v) is 5.05. The van der Waals surface area contributed by atoms with Crippen LogP contribution in [0.3, 0.4) is 0 Å². The minimum Gasteiger partial charge on any atom is -0.358 e. The zero-order chi connectivity index (χ0) is 14.3. The molecule has 108 valence electrons. The SMILES string of the molecule is CCCCOC1(OCCC)C=CC([N+](=O)[O-])=NC1Br. The van der Waals surface area contributed by atoms with Crippen molar-refractivity contribution < 1.29 is 14.4 Å². The van der Waals surface area contributed by atoms with Gasteiger partial charge in [0, 0.05) is 6.08 Å². The number of unbranched alkanes of at least 4 members (excludes halogenated alkanes) is 1. The molecule has 0 radical (unpaired) electrons. The van der Waals surface area contributed by atoms with Gasteiger partial charge in [-0.15, -0.1) is 0 Å². The normalized spacial score (nSPS) is 26.3. The monoisotopic (exact) mass is 334 g/mol. The summed E-state index contributed by atoms with van der Waals surface area (Å²) in [6.45, 7) is 5.08. The van der Waals surface area contributed by atoms with Crippen molar-refractivity contribution in [3.8, 4) is 0 Å². The van der Waals surface area contributed by atoms with Gasteiger partial charge in [0.25, 0.3) is 4.95 Å². The highest BCUT2D eigenvalue weighted by molar-refractivity contribution is 9.09. The van der Waals surface area contributed by atoms with Gasteiger partial charge in [-0.1, -0.05) is 25.3 Å². The van der Waals surface area contributed by atoms with Gasteiger partial charge in [-0.25, -0.2) is 0 Å². The van der Waals surface area contributed by atoms with Crippen LogP contribution in [0.25, 0.3) is 0 Å². The standard InChI is InChI=1S/C12H19BrN2O4/c1-3-5-9-19-12(18-8-4-2)7-6-10(15(16)17)14-11(12)13/h6-7,11H,3-5,8-9H2,1-2H3. The molecule has 0 aromatic heterocycles. The number of hydrogen-bond donors (Lipinski definition) is 0. The first-order chi connectivity index (χ1) is 9.05. The number of amidine groups is 1. The second kappa shape index (κ2) is 7.72. The Morgan fingerprint density at radius 2 is 2.11 bits per heavy atom. The average molecular weight is 335 g/mol. The predicted molar refractivity (Wildman–Crippen MR) is 76.1 cm³/mol. The molecule has 1 aliphatic heterocycles. The second-order valence-electron chi connectivity index (χ2n) is 4.19. The van der Waals surface area contributed by atoms with E-state index in [0.29, 0.717) is 13.2 Å². The molecule has 0 saturated carbocycles. The van der Waals surface area contributed by atoms with E-state index in [4.69, 9.17) is 9.47 Å². The van der Waals surface area contributed by atoms with Crippen LogP contribution in [0.4, 0.5) is 0 Å². The molecular weight excluding hydrogens is 316 g/mol. The summed E-state index contributed by atoms with van der Waals surface area (Å²) in [4.78, 5) is 13.5. The van der Waals surface area contributed by atoms with E-state index in [0.717, 1.165) is 19.3 Å². The maximum atomic E-state index is 10.7. The van der Waals surface area contributed by atoms with Gasteiger partial charge in [0.15, 0.2) is 0 Å². The largest absolute Gasteiger partial charge is 0.359 e. The molecule has 0 aromatic rings. The zero-order valence-electron chi connectivity index (χ0n) is 11.2. The topological polar surface area (TPSA) is 74.0 Å². The van der Waals surface area contributed by atoms with Crippen LogP contribution in [0.1, 0.15) is 33.1 Å². The summed E-state index contributed by atoms with van der Waals surface area (Å²) in [6, 6.07) is 0. The van der Waals surface area contributed by atoms with E-state index in [2.05, 4.69) is 27.8 Å². The summed E-state index contributed by atoms with van der Waals surface area (Å²) in [7, 11) is 0. The van der Waals surface area contributed by atoms with Gasteiger partial charge in [0.05, 0.1) is 13.2 Å². The summed E-state index contributed by atoms with van der Waals surface area (Å²) >= 11 is 3.31. The molecule has 0 aliphatic carbocycles. The lowest BCUT2D eigenvalue weighted by Gasteiger charge is -2.32. The van der Waals surface area contributed by atoms with E-state index in [1.54, 1.807) is 6.08 Å². The lowest BCUT2D eigenvalue weighted by Crippen LogP contribution is -2.45. The van der Waals surface area contributed by atoms with Crippen molar-refractivity contribution in [1.29, 1.82) is 0 Å². The average Bonchev–Trinajstić information content (AvgIpc) is 2.39. The molecule has 1 heterocycles. The molecule has 2 unspecified atom stereocenters. The molecule has 2 atom stereocenters. The van der Waals surface area contributed by atoms with Crippen LogP contribution in [-0.2, 0) is 9.47 Å². The predicted octanol–water partition coefficient (Wildman–Crippen LogP) is 2.89. The molecule has 1 rings (SSSR count). The van der Waals surface area contributed by atoms with Gasteiger partial charge in [-0.05, 0) is 39.8 Å². The third-order valence-electron chi connectivity index (χ3n) is 2.59. The summed E-state index contributed by atoms with van der Waals surface area (Å²) in [5, 5.41) is 10.7. The molecule has 19 heavy (non-hydrogen) atoms. The quantitative estimate of drug-likeness (QED) is 0.179. The Hall–Kier alpha value is -0.790. The van der Waals surface area contributed by atoms with Crippen LogP contribution in [0, 0.1) is 10.1 Å². The Labute approximate surface area is 121 Å². The lowest BCUT2D eigenvalue weighted by molar-refractivity contribution is -0.349. The van der Waals surface area contributed by atoms with Crippen molar-refractivity contribution in [3.05, 3.63) is 22.3 Å². The number of rotatable bonds is 7. The molecule has 0 bridgehead atoms. The maximum absolute atomic E-state index is 10.7. The van der Waals surface area contributed by atoms with Crippen molar-refractivity contribution in [2.45, 2.75) is 43.8 Å². The molecule has 7 heteroatoms. The van der Waals surface area contributed by atoms with E-state index < -0.39 is 15.7 Å². The Balaban J connectivity index is 2.81. The molecule has 1 aliphatic rings. The third-order valence-corrected chi connectivity index (χ3v) is 3.43. The molecule has 0 N–H and O–H groups in total. The van der Waals surface area contributed by atoms with Crippen LogP contribution in [0.2, 0.25) is 0 Å². The fraction of sp³-hybridized carbons (Fsp3) is 0.750. The van der Waals surface area contributed by atoms with Gasteiger partial charge in [0.1, 0.15) is 0 Å². The highest BCUT2D eigenvalue weighted by Crippen LogP contribution is 2.31. The summed E-state index contributed by atoms with van der Waals surface area (Å²) in [5.41, 5.74) is 0. The van der Waals surface area contributed by atoms with Gasteiger partial charge in [-0.2, -0.15) is 0 Å². The van der Waals surface area contributed by atoms with Gasteiger partial charge in [0.2, 0.25) is 5.79 Å². The van der Waals surface area contributed by atoms with Crippen LogP contribution in [0.15, 0.2) is 17.1 Å². The Bertz CT molecular complexity index is 373. The smallest absolute Gasteiger partial charge is 0.358 e. The molecule has 0 aromatic carbocycles. The van der Waals surface area contributed by atoms with Crippen molar-refractivity contribution in [3.63, 3.8) is 0 Å². The minimum absolute atomic E-state index is 0.198. The number of nitro groups is 1. The van der Waals surface area contributed by atoms with Crippen molar-refractivity contribution in [2.24, 2.45) is 4.99 Å². The summed E-state index contributed by atoms with van der Waals surface area (Å²) < 4.78 is 11.5. The Morgan fingerprint density at radius 1 is 1.42 bits per heavy atom. The van der Waals surface area contributed by atoms with Crippen molar-refractivity contribution in [1.82, 2.24) is 0 Å². The maximum Gasteiger partial charge on any atom is 0.359 e. The Kier molecular flexibility index (Phi) is 6.60. The molecule has 0 fully saturated rings. The van der Waals surface area contributed by atoms with E-state index in [9.17, 15) is 10.1 Å². The summed E-state index contributed by atoms with van der Waals surface area (Å²) in [6.07, 6.45) is 5.64.